The summed E-state index contributed by atoms with van der Waals surface area (Å²) in [4.78, 5) is 2.49. The lowest BCUT2D eigenvalue weighted by molar-refractivity contribution is 0.191. The third-order valence-corrected chi connectivity index (χ3v) is 5.63. The quantitative estimate of drug-likeness (QED) is 0.528. The lowest BCUT2D eigenvalue weighted by Crippen LogP contribution is -2.34. The SMILES string of the molecule is CCc1cccc(OCCCN2CCC(c3noc4cc(F)ccc34)CC2)c1. The van der Waals surface area contributed by atoms with E-state index in [1.807, 2.05) is 6.07 Å². The van der Waals surface area contributed by atoms with Crippen LogP contribution in [0.2, 0.25) is 0 Å². The minimum absolute atomic E-state index is 0.284. The van der Waals surface area contributed by atoms with Crippen LogP contribution < -0.4 is 4.74 Å². The molecule has 2 aromatic carbocycles. The fourth-order valence-corrected chi connectivity index (χ4v) is 3.99. The topological polar surface area (TPSA) is 38.5 Å². The van der Waals surface area contributed by atoms with E-state index in [0.717, 1.165) is 68.8 Å². The van der Waals surface area contributed by atoms with Gasteiger partial charge in [-0.3, -0.25) is 0 Å². The minimum atomic E-state index is -0.284. The molecule has 0 radical (unpaired) electrons. The Bertz CT molecular complexity index is 916. The molecule has 3 aromatic rings. The van der Waals surface area contributed by atoms with Crippen molar-refractivity contribution in [3.05, 3.63) is 59.5 Å². The van der Waals surface area contributed by atoms with Crippen molar-refractivity contribution in [2.45, 2.75) is 38.5 Å². The van der Waals surface area contributed by atoms with Crippen molar-refractivity contribution in [2.24, 2.45) is 0 Å². The molecular weight excluding hydrogens is 355 g/mol. The van der Waals surface area contributed by atoms with Gasteiger partial charge in [0.2, 0.25) is 0 Å². The van der Waals surface area contributed by atoms with Gasteiger partial charge in [-0.1, -0.05) is 24.2 Å². The Morgan fingerprint density at radius 3 is 2.86 bits per heavy atom. The maximum absolute atomic E-state index is 13.3. The van der Waals surface area contributed by atoms with E-state index in [-0.39, 0.29) is 5.82 Å². The van der Waals surface area contributed by atoms with Crippen molar-refractivity contribution in [3.63, 3.8) is 0 Å². The van der Waals surface area contributed by atoms with Crippen LogP contribution in [-0.4, -0.2) is 36.3 Å². The summed E-state index contributed by atoms with van der Waals surface area (Å²) in [5.74, 6) is 1.07. The molecule has 0 amide bonds. The summed E-state index contributed by atoms with van der Waals surface area (Å²) in [6.45, 7) is 6.04. The fourth-order valence-electron chi connectivity index (χ4n) is 3.99. The second-order valence-corrected chi connectivity index (χ2v) is 7.53. The minimum Gasteiger partial charge on any atom is -0.494 e. The van der Waals surface area contributed by atoms with E-state index >= 15 is 0 Å². The van der Waals surface area contributed by atoms with Crippen LogP contribution in [0.25, 0.3) is 11.0 Å². The van der Waals surface area contributed by atoms with Gasteiger partial charge >= 0.3 is 0 Å². The Kier molecular flexibility index (Phi) is 5.91. The van der Waals surface area contributed by atoms with Gasteiger partial charge in [-0.15, -0.1) is 0 Å². The predicted octanol–water partition coefficient (Wildman–Crippen LogP) is 5.18. The van der Waals surface area contributed by atoms with Crippen LogP contribution in [-0.2, 0) is 6.42 Å². The highest BCUT2D eigenvalue weighted by molar-refractivity contribution is 5.79. The molecule has 0 spiro atoms. The zero-order chi connectivity index (χ0) is 19.3. The van der Waals surface area contributed by atoms with Crippen LogP contribution >= 0.6 is 0 Å². The summed E-state index contributed by atoms with van der Waals surface area (Å²) < 4.78 is 24.6. The number of benzene rings is 2. The highest BCUT2D eigenvalue weighted by atomic mass is 19.1. The van der Waals surface area contributed by atoms with Crippen molar-refractivity contribution >= 4 is 11.0 Å². The normalized spacial score (nSPS) is 15.9. The molecule has 2 heterocycles. The number of fused-ring (bicyclic) bond motifs is 1. The van der Waals surface area contributed by atoms with Crippen LogP contribution in [0.15, 0.2) is 47.0 Å². The molecular formula is C23H27FN2O2. The van der Waals surface area contributed by atoms with E-state index in [9.17, 15) is 4.39 Å². The monoisotopic (exact) mass is 382 g/mol. The number of nitrogens with zero attached hydrogens (tertiary/aromatic N) is 2. The second kappa shape index (κ2) is 8.74. The molecule has 1 saturated heterocycles. The number of likely N-dealkylation sites (tertiary alicyclic amines) is 1. The van der Waals surface area contributed by atoms with E-state index in [1.165, 1.54) is 17.7 Å². The largest absolute Gasteiger partial charge is 0.494 e. The Balaban J connectivity index is 1.23. The molecule has 1 aliphatic rings. The summed E-state index contributed by atoms with van der Waals surface area (Å²) in [5, 5.41) is 5.17. The van der Waals surface area contributed by atoms with Crippen LogP contribution in [0.4, 0.5) is 4.39 Å². The predicted molar refractivity (Wildman–Crippen MR) is 108 cm³/mol. The van der Waals surface area contributed by atoms with Gasteiger partial charge in [0.05, 0.1) is 12.3 Å². The smallest absolute Gasteiger partial charge is 0.170 e. The third-order valence-electron chi connectivity index (χ3n) is 5.63. The number of hydrogen-bond acceptors (Lipinski definition) is 4. The molecule has 4 rings (SSSR count). The van der Waals surface area contributed by atoms with E-state index in [4.69, 9.17) is 9.26 Å². The zero-order valence-electron chi connectivity index (χ0n) is 16.4. The number of hydrogen-bond donors (Lipinski definition) is 0. The van der Waals surface area contributed by atoms with Crippen LogP contribution in [0.1, 0.15) is 43.4 Å². The van der Waals surface area contributed by atoms with E-state index < -0.39 is 0 Å². The standard InChI is InChI=1S/C23H27FN2O2/c1-2-17-5-3-6-20(15-17)27-14-4-11-26-12-9-18(10-13-26)23-21-8-7-19(24)16-22(21)28-25-23/h3,5-8,15-16,18H,2,4,9-14H2,1H3. The Labute approximate surface area is 165 Å². The number of aryl methyl sites for hydroxylation is 1. The molecule has 0 N–H and O–H groups in total. The molecule has 4 nitrogen and oxygen atoms in total. The van der Waals surface area contributed by atoms with Gasteiger partial charge < -0.3 is 14.2 Å². The Hall–Kier alpha value is -2.40. The number of rotatable bonds is 7. The first-order chi connectivity index (χ1) is 13.7. The molecule has 148 valence electrons. The molecule has 0 unspecified atom stereocenters. The third kappa shape index (κ3) is 4.36. The Morgan fingerprint density at radius 2 is 2.04 bits per heavy atom. The first-order valence-corrected chi connectivity index (χ1v) is 10.2. The molecule has 28 heavy (non-hydrogen) atoms. The Morgan fingerprint density at radius 1 is 1.18 bits per heavy atom. The first kappa shape index (κ1) is 18.9. The van der Waals surface area contributed by atoms with Gasteiger partial charge in [-0.05, 0) is 68.6 Å². The summed E-state index contributed by atoms with van der Waals surface area (Å²) in [6.07, 6.45) is 4.16. The average Bonchev–Trinajstić information content (AvgIpc) is 3.15. The molecule has 0 atom stereocenters. The van der Waals surface area contributed by atoms with Crippen LogP contribution in [0, 0.1) is 5.82 Å². The molecule has 5 heteroatoms. The van der Waals surface area contributed by atoms with Crippen molar-refractivity contribution in [2.75, 3.05) is 26.2 Å². The number of aromatic nitrogens is 1. The van der Waals surface area contributed by atoms with Gasteiger partial charge in [0.15, 0.2) is 5.58 Å². The highest BCUT2D eigenvalue weighted by Gasteiger charge is 2.24. The number of piperidine rings is 1. The molecule has 0 aliphatic carbocycles. The molecule has 0 saturated carbocycles. The molecule has 0 bridgehead atoms. The lowest BCUT2D eigenvalue weighted by atomic mass is 9.91. The van der Waals surface area contributed by atoms with Gasteiger partial charge in [0.25, 0.3) is 0 Å². The molecule has 1 fully saturated rings. The van der Waals surface area contributed by atoms with E-state index in [1.54, 1.807) is 6.07 Å². The van der Waals surface area contributed by atoms with Gasteiger partial charge in [0, 0.05) is 23.9 Å². The maximum Gasteiger partial charge on any atom is 0.170 e. The van der Waals surface area contributed by atoms with E-state index in [2.05, 4.69) is 35.2 Å². The number of ether oxygens (including phenoxy) is 1. The average molecular weight is 382 g/mol. The number of halogens is 1. The molecule has 1 aromatic heterocycles. The summed E-state index contributed by atoms with van der Waals surface area (Å²) in [6, 6.07) is 13.0. The molecule has 1 aliphatic heterocycles. The zero-order valence-corrected chi connectivity index (χ0v) is 16.4. The van der Waals surface area contributed by atoms with Crippen molar-refractivity contribution in [1.29, 1.82) is 0 Å². The lowest BCUT2D eigenvalue weighted by Gasteiger charge is -2.31. The summed E-state index contributed by atoms with van der Waals surface area (Å²) >= 11 is 0. The summed E-state index contributed by atoms with van der Waals surface area (Å²) in [7, 11) is 0. The van der Waals surface area contributed by atoms with Crippen molar-refractivity contribution < 1.29 is 13.7 Å². The van der Waals surface area contributed by atoms with E-state index in [0.29, 0.717) is 11.5 Å². The van der Waals surface area contributed by atoms with Crippen molar-refractivity contribution in [1.82, 2.24) is 10.1 Å². The maximum atomic E-state index is 13.3. The highest BCUT2D eigenvalue weighted by Crippen LogP contribution is 2.32. The fraction of sp³-hybridized carbons (Fsp3) is 0.435. The van der Waals surface area contributed by atoms with Crippen molar-refractivity contribution in [3.8, 4) is 5.75 Å². The van der Waals surface area contributed by atoms with Crippen LogP contribution in [0.5, 0.6) is 5.75 Å². The van der Waals surface area contributed by atoms with Gasteiger partial charge in [0.1, 0.15) is 11.6 Å². The van der Waals surface area contributed by atoms with Gasteiger partial charge in [-0.2, -0.15) is 0 Å². The summed E-state index contributed by atoms with van der Waals surface area (Å²) in [5.41, 5.74) is 2.83. The first-order valence-electron chi connectivity index (χ1n) is 10.2. The second-order valence-electron chi connectivity index (χ2n) is 7.53. The van der Waals surface area contributed by atoms with Crippen LogP contribution in [0.3, 0.4) is 0 Å². The van der Waals surface area contributed by atoms with Gasteiger partial charge in [-0.25, -0.2) is 4.39 Å².